The first-order valence-electron chi connectivity index (χ1n) is 9.01. The van der Waals surface area contributed by atoms with E-state index in [0.29, 0.717) is 46.2 Å². The fourth-order valence-electron chi connectivity index (χ4n) is 2.18. The molecule has 0 aliphatic rings. The Labute approximate surface area is 155 Å². The molecular weight excluding hydrogens is 332 g/mol. The van der Waals surface area contributed by atoms with E-state index in [1.807, 2.05) is 61.5 Å². The van der Waals surface area contributed by atoms with Crippen LogP contribution in [-0.4, -0.2) is 46.2 Å². The maximum atomic E-state index is 5.75. The molecule has 0 saturated carbocycles. The third-order valence-corrected chi connectivity index (χ3v) is 3.52. The molecule has 0 radical (unpaired) electrons. The van der Waals surface area contributed by atoms with Gasteiger partial charge in [-0.3, -0.25) is 0 Å². The van der Waals surface area contributed by atoms with Gasteiger partial charge in [0.2, 0.25) is 0 Å². The summed E-state index contributed by atoms with van der Waals surface area (Å²) >= 11 is 0. The summed E-state index contributed by atoms with van der Waals surface area (Å²) in [4.78, 5) is 0. The monoisotopic (exact) mass is 360 g/mol. The van der Waals surface area contributed by atoms with Gasteiger partial charge in [-0.2, -0.15) is 0 Å². The van der Waals surface area contributed by atoms with E-state index in [9.17, 15) is 0 Å². The summed E-state index contributed by atoms with van der Waals surface area (Å²) in [6.45, 7) is 6.64. The molecule has 0 fully saturated rings. The van der Waals surface area contributed by atoms with Crippen LogP contribution in [0.2, 0.25) is 0 Å². The summed E-state index contributed by atoms with van der Waals surface area (Å²) < 4.78 is 27.4. The normalized spacial score (nSPS) is 10.7. The molecule has 2 aromatic carbocycles. The second-order valence-corrected chi connectivity index (χ2v) is 5.52. The fourth-order valence-corrected chi connectivity index (χ4v) is 2.18. The van der Waals surface area contributed by atoms with E-state index in [1.54, 1.807) is 0 Å². The predicted molar refractivity (Wildman–Crippen MR) is 101 cm³/mol. The Kier molecular flexibility index (Phi) is 10.2. The van der Waals surface area contributed by atoms with E-state index in [4.69, 9.17) is 23.7 Å². The number of hydrogen-bond acceptors (Lipinski definition) is 5. The maximum Gasteiger partial charge on any atom is 0.120 e. The minimum Gasteiger partial charge on any atom is -0.491 e. The van der Waals surface area contributed by atoms with Gasteiger partial charge in [0.15, 0.2) is 0 Å². The summed E-state index contributed by atoms with van der Waals surface area (Å²) in [5.74, 6) is 1.62. The SMILES string of the molecule is CCOCCOCCOCCOc1ccc(OCc2ccccc2)cc1. The van der Waals surface area contributed by atoms with Crippen LogP contribution in [-0.2, 0) is 20.8 Å². The average molecular weight is 360 g/mol. The standard InChI is InChI=1S/C21H28O5/c1-2-22-12-13-23-14-15-24-16-17-25-20-8-10-21(11-9-20)26-18-19-6-4-3-5-7-19/h3-11H,2,12-18H2,1H3. The first-order chi connectivity index (χ1) is 12.9. The van der Waals surface area contributed by atoms with Crippen LogP contribution in [0.1, 0.15) is 12.5 Å². The van der Waals surface area contributed by atoms with Crippen LogP contribution in [0.25, 0.3) is 0 Å². The van der Waals surface area contributed by atoms with Gasteiger partial charge < -0.3 is 23.7 Å². The van der Waals surface area contributed by atoms with Crippen molar-refractivity contribution in [2.24, 2.45) is 0 Å². The molecule has 0 heterocycles. The zero-order valence-electron chi connectivity index (χ0n) is 15.4. The van der Waals surface area contributed by atoms with Crippen LogP contribution in [0, 0.1) is 0 Å². The minimum absolute atomic E-state index is 0.503. The van der Waals surface area contributed by atoms with Crippen LogP contribution in [0.5, 0.6) is 11.5 Å². The lowest BCUT2D eigenvalue weighted by Crippen LogP contribution is -2.12. The van der Waals surface area contributed by atoms with E-state index in [1.165, 1.54) is 0 Å². The van der Waals surface area contributed by atoms with Gasteiger partial charge in [-0.05, 0) is 36.8 Å². The van der Waals surface area contributed by atoms with E-state index in [-0.39, 0.29) is 0 Å². The van der Waals surface area contributed by atoms with Crippen molar-refractivity contribution in [1.29, 1.82) is 0 Å². The fraction of sp³-hybridized carbons (Fsp3) is 0.429. The molecule has 0 saturated heterocycles. The number of rotatable bonds is 14. The maximum absolute atomic E-state index is 5.75. The van der Waals surface area contributed by atoms with Crippen molar-refractivity contribution in [3.05, 3.63) is 60.2 Å². The number of benzene rings is 2. The van der Waals surface area contributed by atoms with Crippen molar-refractivity contribution in [1.82, 2.24) is 0 Å². The van der Waals surface area contributed by atoms with Crippen LogP contribution in [0.15, 0.2) is 54.6 Å². The van der Waals surface area contributed by atoms with Gasteiger partial charge in [0.05, 0.1) is 33.0 Å². The summed E-state index contributed by atoms with van der Waals surface area (Å²) in [6.07, 6.45) is 0. The van der Waals surface area contributed by atoms with E-state index < -0.39 is 0 Å². The lowest BCUT2D eigenvalue weighted by Gasteiger charge is -2.09. The van der Waals surface area contributed by atoms with Gasteiger partial charge in [-0.15, -0.1) is 0 Å². The largest absolute Gasteiger partial charge is 0.491 e. The van der Waals surface area contributed by atoms with Crippen LogP contribution < -0.4 is 9.47 Å². The highest BCUT2D eigenvalue weighted by atomic mass is 16.6. The Balaban J connectivity index is 1.51. The first kappa shape index (κ1) is 20.2. The third kappa shape index (κ3) is 8.85. The second-order valence-electron chi connectivity index (χ2n) is 5.52. The molecule has 0 aromatic heterocycles. The van der Waals surface area contributed by atoms with Crippen LogP contribution in [0.3, 0.4) is 0 Å². The molecular formula is C21H28O5. The molecule has 0 N–H and O–H groups in total. The van der Waals surface area contributed by atoms with Crippen LogP contribution >= 0.6 is 0 Å². The topological polar surface area (TPSA) is 46.2 Å². The highest BCUT2D eigenvalue weighted by Gasteiger charge is 1.98. The van der Waals surface area contributed by atoms with Gasteiger partial charge in [0, 0.05) is 6.61 Å². The molecule has 5 nitrogen and oxygen atoms in total. The van der Waals surface area contributed by atoms with Crippen LogP contribution in [0.4, 0.5) is 0 Å². The third-order valence-electron chi connectivity index (χ3n) is 3.52. The molecule has 26 heavy (non-hydrogen) atoms. The molecule has 0 aliphatic heterocycles. The molecule has 0 spiro atoms. The van der Waals surface area contributed by atoms with Crippen molar-refractivity contribution in [3.63, 3.8) is 0 Å². The van der Waals surface area contributed by atoms with E-state index >= 15 is 0 Å². The average Bonchev–Trinajstić information content (AvgIpc) is 2.69. The van der Waals surface area contributed by atoms with Crippen molar-refractivity contribution in [2.75, 3.05) is 46.2 Å². The molecule has 142 valence electrons. The smallest absolute Gasteiger partial charge is 0.120 e. The van der Waals surface area contributed by atoms with E-state index in [0.717, 1.165) is 23.7 Å². The summed E-state index contributed by atoms with van der Waals surface area (Å²) in [6, 6.07) is 17.7. The molecule has 2 rings (SSSR count). The Morgan fingerprint density at radius 2 is 1.12 bits per heavy atom. The molecule has 5 heteroatoms. The summed E-state index contributed by atoms with van der Waals surface area (Å²) in [5, 5.41) is 0. The summed E-state index contributed by atoms with van der Waals surface area (Å²) in [5.41, 5.74) is 1.15. The Morgan fingerprint density at radius 1 is 0.577 bits per heavy atom. The Bertz CT molecular complexity index is 571. The van der Waals surface area contributed by atoms with Crippen molar-refractivity contribution >= 4 is 0 Å². The Morgan fingerprint density at radius 3 is 1.73 bits per heavy atom. The molecule has 0 unspecified atom stereocenters. The zero-order valence-corrected chi connectivity index (χ0v) is 15.4. The van der Waals surface area contributed by atoms with Crippen molar-refractivity contribution < 1.29 is 23.7 Å². The molecule has 0 amide bonds. The summed E-state index contributed by atoms with van der Waals surface area (Å²) in [7, 11) is 0. The lowest BCUT2D eigenvalue weighted by molar-refractivity contribution is 0.0114. The number of ether oxygens (including phenoxy) is 5. The minimum atomic E-state index is 0.503. The lowest BCUT2D eigenvalue weighted by atomic mass is 10.2. The van der Waals surface area contributed by atoms with Gasteiger partial charge in [-0.25, -0.2) is 0 Å². The number of hydrogen-bond donors (Lipinski definition) is 0. The van der Waals surface area contributed by atoms with Gasteiger partial charge in [0.25, 0.3) is 0 Å². The molecule has 0 atom stereocenters. The Hall–Kier alpha value is -2.08. The van der Waals surface area contributed by atoms with Gasteiger partial charge in [0.1, 0.15) is 24.7 Å². The molecule has 0 aliphatic carbocycles. The quantitative estimate of drug-likeness (QED) is 0.481. The van der Waals surface area contributed by atoms with Crippen molar-refractivity contribution in [3.8, 4) is 11.5 Å². The highest BCUT2D eigenvalue weighted by molar-refractivity contribution is 5.31. The molecule has 2 aromatic rings. The second kappa shape index (κ2) is 13.2. The highest BCUT2D eigenvalue weighted by Crippen LogP contribution is 2.18. The van der Waals surface area contributed by atoms with Gasteiger partial charge in [-0.1, -0.05) is 30.3 Å². The predicted octanol–water partition coefficient (Wildman–Crippen LogP) is 3.71. The van der Waals surface area contributed by atoms with E-state index in [2.05, 4.69) is 0 Å². The molecule has 0 bridgehead atoms. The first-order valence-corrected chi connectivity index (χ1v) is 9.01. The van der Waals surface area contributed by atoms with Crippen molar-refractivity contribution in [2.45, 2.75) is 13.5 Å². The zero-order chi connectivity index (χ0) is 18.3. The van der Waals surface area contributed by atoms with Gasteiger partial charge >= 0.3 is 0 Å².